The molecule has 1 heterocycles. The predicted molar refractivity (Wildman–Crippen MR) is 65.0 cm³/mol. The topological polar surface area (TPSA) is 32.7 Å². The lowest BCUT2D eigenvalue weighted by Gasteiger charge is -2.33. The maximum atomic E-state index is 9.01. The first-order chi connectivity index (χ1) is 7.70. The molecule has 1 aliphatic rings. The van der Waals surface area contributed by atoms with Crippen LogP contribution in [0.4, 0.5) is 5.69 Å². The van der Waals surface area contributed by atoms with E-state index in [0.717, 1.165) is 30.9 Å². The summed E-state index contributed by atoms with van der Waals surface area (Å²) in [7, 11) is 0. The molecule has 1 aliphatic heterocycles. The molecule has 0 amide bonds. The number of hydrogen-bond donors (Lipinski definition) is 1. The molecule has 1 aromatic rings. The van der Waals surface area contributed by atoms with E-state index in [-0.39, 0.29) is 12.7 Å². The number of ether oxygens (including phenoxy) is 1. The lowest BCUT2D eigenvalue weighted by molar-refractivity contribution is 0.0532. The van der Waals surface area contributed by atoms with Crippen molar-refractivity contribution in [2.45, 2.75) is 19.6 Å². The molecule has 1 aromatic carbocycles. The molecule has 1 fully saturated rings. The number of benzene rings is 1. The number of aliphatic hydroxyl groups excluding tert-OH is 1. The fourth-order valence-electron chi connectivity index (χ4n) is 1.94. The van der Waals surface area contributed by atoms with Gasteiger partial charge in [-0.3, -0.25) is 0 Å². The summed E-state index contributed by atoms with van der Waals surface area (Å²) in [6.45, 7) is 4.54. The van der Waals surface area contributed by atoms with Gasteiger partial charge >= 0.3 is 0 Å². The fourth-order valence-corrected chi connectivity index (χ4v) is 2.27. The highest BCUT2D eigenvalue weighted by molar-refractivity contribution is 6.33. The zero-order valence-electron chi connectivity index (χ0n) is 9.32. The minimum Gasteiger partial charge on any atom is -0.392 e. The van der Waals surface area contributed by atoms with E-state index in [1.165, 1.54) is 0 Å². The summed E-state index contributed by atoms with van der Waals surface area (Å²) in [4.78, 5) is 2.22. The fraction of sp³-hybridized carbons (Fsp3) is 0.500. The Morgan fingerprint density at radius 1 is 1.56 bits per heavy atom. The van der Waals surface area contributed by atoms with Crippen molar-refractivity contribution >= 4 is 17.3 Å². The number of morpholine rings is 1. The number of rotatable bonds is 2. The van der Waals surface area contributed by atoms with Gasteiger partial charge in [0.25, 0.3) is 0 Å². The molecule has 0 bridgehead atoms. The summed E-state index contributed by atoms with van der Waals surface area (Å²) in [6, 6.07) is 5.68. The molecule has 1 N–H and O–H groups in total. The maximum absolute atomic E-state index is 9.01. The molecule has 0 spiro atoms. The molecule has 0 radical (unpaired) electrons. The Hall–Kier alpha value is -0.770. The minimum absolute atomic E-state index is 0.0273. The van der Waals surface area contributed by atoms with Crippen molar-refractivity contribution in [3.05, 3.63) is 28.8 Å². The summed E-state index contributed by atoms with van der Waals surface area (Å²) in [5.74, 6) is 0. The average molecular weight is 242 g/mol. The van der Waals surface area contributed by atoms with Crippen molar-refractivity contribution in [3.63, 3.8) is 0 Å². The van der Waals surface area contributed by atoms with Gasteiger partial charge in [-0.2, -0.15) is 0 Å². The van der Waals surface area contributed by atoms with Gasteiger partial charge in [0.2, 0.25) is 0 Å². The quantitative estimate of drug-likeness (QED) is 0.860. The van der Waals surface area contributed by atoms with Gasteiger partial charge < -0.3 is 14.7 Å². The van der Waals surface area contributed by atoms with E-state index in [1.807, 2.05) is 18.2 Å². The number of anilines is 1. The highest BCUT2D eigenvalue weighted by Gasteiger charge is 2.18. The Morgan fingerprint density at radius 3 is 3.00 bits per heavy atom. The third-order valence-electron chi connectivity index (χ3n) is 2.78. The van der Waals surface area contributed by atoms with Crippen LogP contribution in [0.3, 0.4) is 0 Å². The summed E-state index contributed by atoms with van der Waals surface area (Å²) in [5.41, 5.74) is 1.86. The van der Waals surface area contributed by atoms with Crippen LogP contribution in [0.25, 0.3) is 0 Å². The van der Waals surface area contributed by atoms with Crippen molar-refractivity contribution in [3.8, 4) is 0 Å². The smallest absolute Gasteiger partial charge is 0.0722 e. The van der Waals surface area contributed by atoms with Crippen LogP contribution in [-0.2, 0) is 11.3 Å². The summed E-state index contributed by atoms with van der Waals surface area (Å²) < 4.78 is 5.49. The second-order valence-electron chi connectivity index (χ2n) is 4.07. The number of nitrogens with zero attached hydrogens (tertiary/aromatic N) is 1. The molecule has 0 aliphatic carbocycles. The molecule has 0 aromatic heterocycles. The first-order valence-electron chi connectivity index (χ1n) is 5.46. The van der Waals surface area contributed by atoms with Crippen molar-refractivity contribution in [1.82, 2.24) is 0 Å². The largest absolute Gasteiger partial charge is 0.392 e. The van der Waals surface area contributed by atoms with Crippen LogP contribution < -0.4 is 4.90 Å². The summed E-state index contributed by atoms with van der Waals surface area (Å²) >= 11 is 6.20. The number of aliphatic hydroxyl groups is 1. The van der Waals surface area contributed by atoms with Crippen LogP contribution in [0.5, 0.6) is 0 Å². The van der Waals surface area contributed by atoms with E-state index in [9.17, 15) is 0 Å². The van der Waals surface area contributed by atoms with Gasteiger partial charge in [0.15, 0.2) is 0 Å². The van der Waals surface area contributed by atoms with Gasteiger partial charge in [-0.1, -0.05) is 17.7 Å². The van der Waals surface area contributed by atoms with Crippen molar-refractivity contribution < 1.29 is 9.84 Å². The molecule has 4 heteroatoms. The summed E-state index contributed by atoms with van der Waals surface area (Å²) in [5, 5.41) is 9.71. The van der Waals surface area contributed by atoms with Crippen molar-refractivity contribution in [1.29, 1.82) is 0 Å². The first-order valence-corrected chi connectivity index (χ1v) is 5.84. The third kappa shape index (κ3) is 2.48. The Morgan fingerprint density at radius 2 is 2.38 bits per heavy atom. The monoisotopic (exact) mass is 241 g/mol. The molecule has 3 nitrogen and oxygen atoms in total. The van der Waals surface area contributed by atoms with Gasteiger partial charge in [0.1, 0.15) is 0 Å². The van der Waals surface area contributed by atoms with E-state index in [0.29, 0.717) is 5.02 Å². The van der Waals surface area contributed by atoms with Gasteiger partial charge in [0, 0.05) is 13.1 Å². The predicted octanol–water partition coefficient (Wildman–Crippen LogP) is 2.06. The SMILES string of the molecule is CC1CN(c2ccc(CO)cc2Cl)CCO1. The van der Waals surface area contributed by atoms with Crippen LogP contribution in [0.1, 0.15) is 12.5 Å². The Balaban J connectivity index is 2.19. The Bertz CT molecular complexity index is 370. The molecule has 0 saturated carbocycles. The number of halogens is 1. The zero-order chi connectivity index (χ0) is 11.5. The lowest BCUT2D eigenvalue weighted by atomic mass is 10.2. The van der Waals surface area contributed by atoms with E-state index < -0.39 is 0 Å². The summed E-state index contributed by atoms with van der Waals surface area (Å²) in [6.07, 6.45) is 0.238. The van der Waals surface area contributed by atoms with E-state index >= 15 is 0 Å². The molecule has 1 saturated heterocycles. The normalized spacial score (nSPS) is 21.2. The van der Waals surface area contributed by atoms with Crippen LogP contribution in [-0.4, -0.2) is 30.9 Å². The maximum Gasteiger partial charge on any atom is 0.0722 e. The molecular formula is C12H16ClNO2. The van der Waals surface area contributed by atoms with E-state index in [2.05, 4.69) is 11.8 Å². The highest BCUT2D eigenvalue weighted by Crippen LogP contribution is 2.28. The van der Waals surface area contributed by atoms with Crippen molar-refractivity contribution in [2.75, 3.05) is 24.6 Å². The van der Waals surface area contributed by atoms with Gasteiger partial charge in [-0.05, 0) is 24.6 Å². The van der Waals surface area contributed by atoms with E-state index in [4.69, 9.17) is 21.4 Å². The second kappa shape index (κ2) is 5.04. The highest BCUT2D eigenvalue weighted by atomic mass is 35.5. The minimum atomic E-state index is 0.0273. The molecular weight excluding hydrogens is 226 g/mol. The van der Waals surface area contributed by atoms with Crippen molar-refractivity contribution in [2.24, 2.45) is 0 Å². The number of hydrogen-bond acceptors (Lipinski definition) is 3. The average Bonchev–Trinajstić information content (AvgIpc) is 2.28. The molecule has 2 rings (SSSR count). The van der Waals surface area contributed by atoms with Crippen LogP contribution in [0.2, 0.25) is 5.02 Å². The lowest BCUT2D eigenvalue weighted by Crippen LogP contribution is -2.41. The first kappa shape index (κ1) is 11.7. The third-order valence-corrected chi connectivity index (χ3v) is 3.08. The van der Waals surface area contributed by atoms with Gasteiger partial charge in [-0.15, -0.1) is 0 Å². The van der Waals surface area contributed by atoms with Crippen LogP contribution in [0.15, 0.2) is 18.2 Å². The molecule has 16 heavy (non-hydrogen) atoms. The van der Waals surface area contributed by atoms with Gasteiger partial charge in [-0.25, -0.2) is 0 Å². The Labute approximate surface area is 101 Å². The van der Waals surface area contributed by atoms with E-state index in [1.54, 1.807) is 0 Å². The van der Waals surface area contributed by atoms with Crippen LogP contribution in [0, 0.1) is 0 Å². The molecule has 1 unspecified atom stereocenters. The standard InChI is InChI=1S/C12H16ClNO2/c1-9-7-14(4-5-16-9)12-3-2-10(8-15)6-11(12)13/h2-3,6,9,15H,4-5,7-8H2,1H3. The molecule has 88 valence electrons. The van der Waals surface area contributed by atoms with Gasteiger partial charge in [0.05, 0.1) is 30.0 Å². The second-order valence-corrected chi connectivity index (χ2v) is 4.48. The zero-order valence-corrected chi connectivity index (χ0v) is 10.1. The Kier molecular flexibility index (Phi) is 3.69. The van der Waals surface area contributed by atoms with Crippen LogP contribution >= 0.6 is 11.6 Å². The molecule has 1 atom stereocenters.